The van der Waals surface area contributed by atoms with E-state index in [1.807, 2.05) is 12.1 Å². The Hall–Kier alpha value is -3.17. The number of carboxylic acid groups (broad SMARTS) is 1. The van der Waals surface area contributed by atoms with Gasteiger partial charge in [0.1, 0.15) is 23.4 Å². The number of ether oxygens (including phenoxy) is 2. The fraction of sp³-hybridized carbons (Fsp3) is 0.458. The van der Waals surface area contributed by atoms with E-state index in [1.54, 1.807) is 4.90 Å². The van der Waals surface area contributed by atoms with E-state index in [1.165, 1.54) is 18.5 Å². The number of hydrogen-bond donors (Lipinski definition) is 1. The van der Waals surface area contributed by atoms with Gasteiger partial charge in [0.25, 0.3) is 5.97 Å². The minimum Gasteiger partial charge on any atom is -0.490 e. The van der Waals surface area contributed by atoms with Crippen molar-refractivity contribution in [3.8, 4) is 11.5 Å². The Morgan fingerprint density at radius 1 is 0.941 bits per heavy atom. The van der Waals surface area contributed by atoms with Crippen LogP contribution in [0.25, 0.3) is 0 Å². The van der Waals surface area contributed by atoms with Gasteiger partial charge in [-0.2, -0.15) is 0 Å². The first-order valence-electron chi connectivity index (χ1n) is 11.1. The van der Waals surface area contributed by atoms with E-state index in [0.717, 1.165) is 44.0 Å². The molecule has 0 amide bonds. The number of benzene rings is 2. The highest BCUT2D eigenvalue weighted by Crippen LogP contribution is 2.31. The second-order valence-corrected chi connectivity index (χ2v) is 8.17. The number of nitrogens with zero attached hydrogens (tertiary/aromatic N) is 2. The average Bonchev–Trinajstić information content (AvgIpc) is 3.30. The minimum absolute atomic E-state index is 0.0171. The van der Waals surface area contributed by atoms with E-state index in [2.05, 4.69) is 21.8 Å². The summed E-state index contributed by atoms with van der Waals surface area (Å²) in [5.41, 5.74) is 1.32. The second-order valence-electron chi connectivity index (χ2n) is 8.17. The number of hydrogen-bond acceptors (Lipinski definition) is 5. The van der Waals surface area contributed by atoms with Crippen molar-refractivity contribution in [2.75, 3.05) is 36.0 Å². The van der Waals surface area contributed by atoms with Crippen molar-refractivity contribution in [2.45, 2.75) is 45.1 Å². The Labute approximate surface area is 195 Å². The van der Waals surface area contributed by atoms with Gasteiger partial charge in [-0.3, -0.25) is 4.79 Å². The molecule has 0 bridgehead atoms. The van der Waals surface area contributed by atoms with Crippen LogP contribution in [0.5, 0.6) is 11.5 Å². The number of aliphatic carboxylic acids is 1. The van der Waals surface area contributed by atoms with Gasteiger partial charge in [0.05, 0.1) is 5.69 Å². The summed E-state index contributed by atoms with van der Waals surface area (Å²) in [6, 6.07) is 11.2. The maximum Gasteiger partial charge on any atom is 0.573 e. The molecule has 2 aliphatic heterocycles. The van der Waals surface area contributed by atoms with E-state index < -0.39 is 23.9 Å². The molecule has 4 rings (SSSR count). The average molecular weight is 484 g/mol. The van der Waals surface area contributed by atoms with Crippen LogP contribution in [0.15, 0.2) is 42.5 Å². The highest BCUT2D eigenvalue weighted by molar-refractivity contribution is 5.63. The molecule has 6 nitrogen and oxygen atoms in total. The maximum atomic E-state index is 14.2. The highest BCUT2D eigenvalue weighted by Gasteiger charge is 2.32. The molecular formula is C24H28F4N2O4. The minimum atomic E-state index is -4.81. The number of alkyl halides is 3. The van der Waals surface area contributed by atoms with Gasteiger partial charge in [-0.15, -0.1) is 13.2 Å². The number of carboxylic acids is 1. The van der Waals surface area contributed by atoms with Crippen molar-refractivity contribution >= 4 is 17.3 Å². The van der Waals surface area contributed by atoms with Crippen LogP contribution in [-0.4, -0.2) is 49.7 Å². The topological polar surface area (TPSA) is 62.2 Å². The molecule has 2 aromatic rings. The Bertz CT molecular complexity index is 935. The van der Waals surface area contributed by atoms with Crippen LogP contribution in [0.1, 0.15) is 32.6 Å². The summed E-state index contributed by atoms with van der Waals surface area (Å²) < 4.78 is 61.5. The Balaban J connectivity index is 0.000000751. The first kappa shape index (κ1) is 25.5. The second kappa shape index (κ2) is 11.3. The number of halogens is 4. The van der Waals surface area contributed by atoms with Crippen molar-refractivity contribution in [2.24, 2.45) is 0 Å². The lowest BCUT2D eigenvalue weighted by molar-refractivity contribution is -0.274. The fourth-order valence-corrected chi connectivity index (χ4v) is 4.05. The van der Waals surface area contributed by atoms with Gasteiger partial charge in [0, 0.05) is 57.7 Å². The third kappa shape index (κ3) is 7.71. The molecule has 0 unspecified atom stereocenters. The molecule has 0 radical (unpaired) electrons. The molecule has 2 heterocycles. The molecule has 0 spiro atoms. The molecule has 34 heavy (non-hydrogen) atoms. The summed E-state index contributed by atoms with van der Waals surface area (Å²) in [7, 11) is 0. The predicted molar refractivity (Wildman–Crippen MR) is 120 cm³/mol. The monoisotopic (exact) mass is 484 g/mol. The summed E-state index contributed by atoms with van der Waals surface area (Å²) in [4.78, 5) is 13.1. The van der Waals surface area contributed by atoms with Gasteiger partial charge in [-0.05, 0) is 49.2 Å². The normalized spacial score (nSPS) is 16.6. The zero-order chi connectivity index (χ0) is 24.7. The molecule has 0 atom stereocenters. The van der Waals surface area contributed by atoms with Crippen molar-refractivity contribution < 1.29 is 36.9 Å². The zero-order valence-electron chi connectivity index (χ0n) is 18.9. The highest BCUT2D eigenvalue weighted by atomic mass is 19.4. The molecule has 0 aliphatic carbocycles. The molecule has 10 heteroatoms. The smallest absolute Gasteiger partial charge is 0.490 e. The summed E-state index contributed by atoms with van der Waals surface area (Å²) in [6.45, 7) is 4.24. The van der Waals surface area contributed by atoms with Crippen molar-refractivity contribution in [3.63, 3.8) is 0 Å². The van der Waals surface area contributed by atoms with Gasteiger partial charge in [0.15, 0.2) is 0 Å². The van der Waals surface area contributed by atoms with Gasteiger partial charge < -0.3 is 24.4 Å². The third-order valence-electron chi connectivity index (χ3n) is 5.54. The maximum absolute atomic E-state index is 14.2. The Kier molecular flexibility index (Phi) is 8.46. The van der Waals surface area contributed by atoms with Gasteiger partial charge in [-0.1, -0.05) is 0 Å². The number of rotatable bonds is 5. The van der Waals surface area contributed by atoms with Crippen LogP contribution in [0.4, 0.5) is 28.9 Å². The largest absolute Gasteiger partial charge is 0.573 e. The molecule has 0 saturated carbocycles. The number of anilines is 2. The Morgan fingerprint density at radius 3 is 2.06 bits per heavy atom. The van der Waals surface area contributed by atoms with Crippen LogP contribution < -0.4 is 19.3 Å². The van der Waals surface area contributed by atoms with Crippen molar-refractivity contribution in [1.29, 1.82) is 0 Å². The standard InChI is InChI=1S/C22H24F4N2O2.C2H4O2/c23-20-8-7-19(30-22(24,25)26)15-21(20)28-13-9-18(10-14-28)29-17-5-3-16(4-6-17)27-11-1-2-12-27;1-2(3)4/h3-8,15,18H,1-2,9-14H2;1H3,(H,3,4). The molecule has 2 aliphatic rings. The lowest BCUT2D eigenvalue weighted by atomic mass is 10.1. The van der Waals surface area contributed by atoms with Crippen LogP contribution in [0.3, 0.4) is 0 Å². The van der Waals surface area contributed by atoms with Gasteiger partial charge in [0.2, 0.25) is 0 Å². The molecule has 0 aromatic heterocycles. The van der Waals surface area contributed by atoms with Crippen LogP contribution in [-0.2, 0) is 4.79 Å². The SMILES string of the molecule is CC(=O)O.Fc1ccc(OC(F)(F)F)cc1N1CCC(Oc2ccc(N3CCCC3)cc2)CC1. The van der Waals surface area contributed by atoms with Crippen LogP contribution >= 0.6 is 0 Å². The summed E-state index contributed by atoms with van der Waals surface area (Å²) in [5, 5.41) is 7.42. The fourth-order valence-electron chi connectivity index (χ4n) is 4.05. The third-order valence-corrected chi connectivity index (χ3v) is 5.54. The predicted octanol–water partition coefficient (Wildman–Crippen LogP) is 5.46. The molecule has 186 valence electrons. The van der Waals surface area contributed by atoms with E-state index in [0.29, 0.717) is 25.9 Å². The lowest BCUT2D eigenvalue weighted by Crippen LogP contribution is -2.38. The first-order chi connectivity index (χ1) is 16.1. The Morgan fingerprint density at radius 2 is 1.50 bits per heavy atom. The van der Waals surface area contributed by atoms with Crippen molar-refractivity contribution in [1.82, 2.24) is 0 Å². The van der Waals surface area contributed by atoms with E-state index in [4.69, 9.17) is 14.6 Å². The summed E-state index contributed by atoms with van der Waals surface area (Å²) in [5.74, 6) is -1.03. The molecule has 2 fully saturated rings. The van der Waals surface area contributed by atoms with Gasteiger partial charge in [-0.25, -0.2) is 4.39 Å². The first-order valence-corrected chi connectivity index (χ1v) is 11.1. The van der Waals surface area contributed by atoms with E-state index >= 15 is 0 Å². The van der Waals surface area contributed by atoms with Crippen LogP contribution in [0, 0.1) is 5.82 Å². The molecule has 2 aromatic carbocycles. The van der Waals surface area contributed by atoms with Crippen LogP contribution in [0.2, 0.25) is 0 Å². The lowest BCUT2D eigenvalue weighted by Gasteiger charge is -2.34. The quantitative estimate of drug-likeness (QED) is 0.569. The zero-order valence-corrected chi connectivity index (χ0v) is 18.9. The van der Waals surface area contributed by atoms with E-state index in [9.17, 15) is 17.6 Å². The molecule has 2 saturated heterocycles. The van der Waals surface area contributed by atoms with Crippen molar-refractivity contribution in [3.05, 3.63) is 48.3 Å². The van der Waals surface area contributed by atoms with E-state index in [-0.39, 0.29) is 11.8 Å². The number of piperidine rings is 1. The van der Waals surface area contributed by atoms with Gasteiger partial charge >= 0.3 is 6.36 Å². The summed E-state index contributed by atoms with van der Waals surface area (Å²) >= 11 is 0. The number of carbonyl (C=O) groups is 1. The summed E-state index contributed by atoms with van der Waals surface area (Å²) in [6.07, 6.45) is -1.07. The molecule has 1 N–H and O–H groups in total. The molecular weight excluding hydrogens is 456 g/mol.